The number of carbonyl (C=O) groups is 1. The first kappa shape index (κ1) is 17.3. The number of nitrogens with two attached hydrogens (primary N) is 1. The van der Waals surface area contributed by atoms with Crippen molar-refractivity contribution in [2.75, 3.05) is 18.5 Å². The van der Waals surface area contributed by atoms with Gasteiger partial charge < -0.3 is 5.73 Å². The second-order valence-electron chi connectivity index (χ2n) is 4.65. The summed E-state index contributed by atoms with van der Waals surface area (Å²) in [5.74, 6) is 0.0894. The first-order chi connectivity index (χ1) is 10.0. The van der Waals surface area contributed by atoms with E-state index in [1.54, 1.807) is 11.0 Å². The van der Waals surface area contributed by atoms with Crippen molar-refractivity contribution in [3.8, 4) is 0 Å². The molecule has 0 aliphatic carbocycles. The second kappa shape index (κ2) is 8.52. The van der Waals surface area contributed by atoms with Crippen LogP contribution in [0.1, 0.15) is 32.3 Å². The van der Waals surface area contributed by atoms with Crippen LogP contribution in [0.5, 0.6) is 0 Å². The summed E-state index contributed by atoms with van der Waals surface area (Å²) in [6.07, 6.45) is 2.65. The number of rotatable bonds is 5. The molecule has 1 aromatic carbocycles. The largest absolute Gasteiger partial charge is 0.370 e. The minimum atomic E-state index is -0.311. The fourth-order valence-corrected chi connectivity index (χ4v) is 2.31. The van der Waals surface area contributed by atoms with Gasteiger partial charge in [0.2, 0.25) is 0 Å². The van der Waals surface area contributed by atoms with E-state index in [1.807, 2.05) is 19.1 Å². The minimum absolute atomic E-state index is 0.0894. The maximum atomic E-state index is 12.4. The number of anilines is 1. The smallest absolute Gasteiger partial charge is 0.328 e. The van der Waals surface area contributed by atoms with Crippen LogP contribution in [0.25, 0.3) is 0 Å². The molecule has 0 saturated heterocycles. The molecule has 0 fully saturated rings. The standard InChI is InChI=1S/C15H23ClN4O/c1-4-6-10-20(15(21)19-14(17)18-3)13-11(5-2)8-7-9-12(13)16/h7-9H,4-6,10H2,1-3H3,(H3,17,18,19,21). The third kappa shape index (κ3) is 4.63. The van der Waals surface area contributed by atoms with Gasteiger partial charge in [0.1, 0.15) is 0 Å². The number of halogens is 1. The van der Waals surface area contributed by atoms with E-state index in [0.29, 0.717) is 11.6 Å². The van der Waals surface area contributed by atoms with E-state index in [0.717, 1.165) is 30.5 Å². The summed E-state index contributed by atoms with van der Waals surface area (Å²) in [7, 11) is 1.53. The van der Waals surface area contributed by atoms with Crippen molar-refractivity contribution in [2.24, 2.45) is 10.7 Å². The Morgan fingerprint density at radius 2 is 2.14 bits per heavy atom. The summed E-state index contributed by atoms with van der Waals surface area (Å²) in [5.41, 5.74) is 7.36. The zero-order valence-corrected chi connectivity index (χ0v) is 13.6. The molecule has 0 radical (unpaired) electrons. The molecule has 0 saturated carbocycles. The number of nitrogens with one attached hydrogen (secondary N) is 1. The molecule has 0 aliphatic rings. The van der Waals surface area contributed by atoms with Crippen molar-refractivity contribution in [2.45, 2.75) is 33.1 Å². The Morgan fingerprint density at radius 1 is 1.43 bits per heavy atom. The number of urea groups is 1. The van der Waals surface area contributed by atoms with Crippen LogP contribution < -0.4 is 16.0 Å². The van der Waals surface area contributed by atoms with Crippen LogP contribution in [0, 0.1) is 0 Å². The molecule has 0 aromatic heterocycles. The highest BCUT2D eigenvalue weighted by atomic mass is 35.5. The highest BCUT2D eigenvalue weighted by Gasteiger charge is 2.21. The fraction of sp³-hybridized carbons (Fsp3) is 0.467. The monoisotopic (exact) mass is 310 g/mol. The highest BCUT2D eigenvalue weighted by molar-refractivity contribution is 6.34. The van der Waals surface area contributed by atoms with E-state index >= 15 is 0 Å². The van der Waals surface area contributed by atoms with Crippen LogP contribution in [-0.2, 0) is 6.42 Å². The molecule has 0 unspecified atom stereocenters. The summed E-state index contributed by atoms with van der Waals surface area (Å²) in [5, 5.41) is 3.13. The molecule has 0 heterocycles. The van der Waals surface area contributed by atoms with Gasteiger partial charge in [-0.05, 0) is 24.5 Å². The number of guanidine groups is 1. The number of para-hydroxylation sites is 1. The van der Waals surface area contributed by atoms with E-state index in [-0.39, 0.29) is 12.0 Å². The molecule has 6 heteroatoms. The van der Waals surface area contributed by atoms with Crippen LogP contribution in [0.3, 0.4) is 0 Å². The van der Waals surface area contributed by atoms with E-state index < -0.39 is 0 Å². The zero-order chi connectivity index (χ0) is 15.8. The van der Waals surface area contributed by atoms with E-state index in [9.17, 15) is 4.79 Å². The molecule has 21 heavy (non-hydrogen) atoms. The SMILES string of the molecule is CCCCN(C(=O)NC(N)=NC)c1c(Cl)cccc1CC. The number of carbonyl (C=O) groups excluding carboxylic acids is 1. The number of hydrogen-bond acceptors (Lipinski definition) is 2. The van der Waals surface area contributed by atoms with Gasteiger partial charge in [0.05, 0.1) is 10.7 Å². The molecule has 1 aromatic rings. The van der Waals surface area contributed by atoms with Gasteiger partial charge in [-0.2, -0.15) is 0 Å². The fourth-order valence-electron chi connectivity index (χ4n) is 2.01. The summed E-state index contributed by atoms with van der Waals surface area (Å²) in [6.45, 7) is 4.69. The molecule has 0 atom stereocenters. The minimum Gasteiger partial charge on any atom is -0.370 e. The highest BCUT2D eigenvalue weighted by Crippen LogP contribution is 2.30. The summed E-state index contributed by atoms with van der Waals surface area (Å²) in [6, 6.07) is 5.35. The number of benzene rings is 1. The molecule has 3 N–H and O–H groups in total. The average Bonchev–Trinajstić information content (AvgIpc) is 2.48. The van der Waals surface area contributed by atoms with E-state index in [2.05, 4.69) is 17.2 Å². The number of unbranched alkanes of at least 4 members (excludes halogenated alkanes) is 1. The lowest BCUT2D eigenvalue weighted by atomic mass is 10.1. The number of aliphatic imine (C=N–C) groups is 1. The second-order valence-corrected chi connectivity index (χ2v) is 5.05. The first-order valence-electron chi connectivity index (χ1n) is 7.13. The Morgan fingerprint density at radius 3 is 2.71 bits per heavy atom. The summed E-state index contributed by atoms with van der Waals surface area (Å²) >= 11 is 6.31. The van der Waals surface area contributed by atoms with Gasteiger partial charge in [0.25, 0.3) is 0 Å². The van der Waals surface area contributed by atoms with Crippen LogP contribution in [0.15, 0.2) is 23.2 Å². The maximum Gasteiger partial charge on any atom is 0.328 e. The third-order valence-electron chi connectivity index (χ3n) is 3.18. The average molecular weight is 311 g/mol. The molecule has 1 rings (SSSR count). The van der Waals surface area contributed by atoms with Crippen molar-refractivity contribution in [1.29, 1.82) is 0 Å². The predicted molar refractivity (Wildman–Crippen MR) is 89.2 cm³/mol. The maximum absolute atomic E-state index is 12.4. The van der Waals surface area contributed by atoms with Gasteiger partial charge in [-0.3, -0.25) is 15.2 Å². The molecule has 5 nitrogen and oxygen atoms in total. The Labute approximate surface area is 131 Å². The Hall–Kier alpha value is -1.75. The van der Waals surface area contributed by atoms with Crippen molar-refractivity contribution >= 4 is 29.3 Å². The van der Waals surface area contributed by atoms with Crippen molar-refractivity contribution < 1.29 is 4.79 Å². The quantitative estimate of drug-likeness (QED) is 0.648. The van der Waals surface area contributed by atoms with Crippen molar-refractivity contribution in [1.82, 2.24) is 5.32 Å². The lowest BCUT2D eigenvalue weighted by Gasteiger charge is -2.26. The predicted octanol–water partition coefficient (Wildman–Crippen LogP) is 3.16. The van der Waals surface area contributed by atoms with Crippen LogP contribution in [0.4, 0.5) is 10.5 Å². The van der Waals surface area contributed by atoms with Crippen LogP contribution in [0.2, 0.25) is 5.02 Å². The van der Waals surface area contributed by atoms with Gasteiger partial charge in [-0.1, -0.05) is 44.0 Å². The van der Waals surface area contributed by atoms with E-state index in [1.165, 1.54) is 7.05 Å². The zero-order valence-electron chi connectivity index (χ0n) is 12.8. The topological polar surface area (TPSA) is 70.7 Å². The number of amides is 2. The Kier molecular flexibility index (Phi) is 7.02. The van der Waals surface area contributed by atoms with Crippen LogP contribution in [-0.4, -0.2) is 25.6 Å². The lowest BCUT2D eigenvalue weighted by Crippen LogP contribution is -2.46. The van der Waals surface area contributed by atoms with E-state index in [4.69, 9.17) is 17.3 Å². The van der Waals surface area contributed by atoms with Gasteiger partial charge in [0.15, 0.2) is 5.96 Å². The van der Waals surface area contributed by atoms with Crippen molar-refractivity contribution in [3.05, 3.63) is 28.8 Å². The molecular formula is C15H23ClN4O. The van der Waals surface area contributed by atoms with Gasteiger partial charge in [0, 0.05) is 13.6 Å². The van der Waals surface area contributed by atoms with Crippen molar-refractivity contribution in [3.63, 3.8) is 0 Å². The summed E-state index contributed by atoms with van der Waals surface area (Å²) < 4.78 is 0. The normalized spacial score (nSPS) is 11.3. The molecule has 0 spiro atoms. The Balaban J connectivity index is 3.16. The molecule has 0 aliphatic heterocycles. The lowest BCUT2D eigenvalue weighted by molar-refractivity contribution is 0.250. The molecule has 116 valence electrons. The molecule has 0 bridgehead atoms. The number of aryl methyl sites for hydroxylation is 1. The Bertz CT molecular complexity index is 516. The number of nitrogens with zero attached hydrogens (tertiary/aromatic N) is 2. The molecular weight excluding hydrogens is 288 g/mol. The first-order valence-corrected chi connectivity index (χ1v) is 7.51. The summed E-state index contributed by atoms with van der Waals surface area (Å²) in [4.78, 5) is 17.8. The van der Waals surface area contributed by atoms with Gasteiger partial charge >= 0.3 is 6.03 Å². The third-order valence-corrected chi connectivity index (χ3v) is 3.48. The van der Waals surface area contributed by atoms with Crippen LogP contribution >= 0.6 is 11.6 Å². The molecule has 2 amide bonds. The van der Waals surface area contributed by atoms with Gasteiger partial charge in [-0.15, -0.1) is 0 Å². The number of hydrogen-bond donors (Lipinski definition) is 2. The van der Waals surface area contributed by atoms with Gasteiger partial charge in [-0.25, -0.2) is 4.79 Å².